The molecule has 1 rings (SSSR count). The van der Waals surface area contributed by atoms with Crippen molar-refractivity contribution in [3.8, 4) is 6.07 Å². The highest BCUT2D eigenvalue weighted by atomic mass is 32.1. The van der Waals surface area contributed by atoms with Gasteiger partial charge in [0, 0.05) is 18.2 Å². The van der Waals surface area contributed by atoms with Crippen molar-refractivity contribution in [3.63, 3.8) is 0 Å². The number of allylic oxidation sites excluding steroid dienone is 1. The van der Waals surface area contributed by atoms with Crippen molar-refractivity contribution in [1.29, 1.82) is 5.26 Å². The molecule has 0 aliphatic rings. The number of hydrogen-bond donors (Lipinski definition) is 1. The van der Waals surface area contributed by atoms with Gasteiger partial charge < -0.3 is 10.1 Å². The maximum Gasteiger partial charge on any atom is 0.325 e. The van der Waals surface area contributed by atoms with E-state index in [9.17, 15) is 4.79 Å². The predicted molar refractivity (Wildman–Crippen MR) is 61.7 cm³/mol. The molecule has 84 valence electrons. The minimum atomic E-state index is -0.357. The Balaban J connectivity index is 2.45. The Hall–Kier alpha value is -1.80. The second-order valence-electron chi connectivity index (χ2n) is 3.05. The molecule has 0 aliphatic carbocycles. The number of nitriles is 1. The Morgan fingerprint density at radius 2 is 2.56 bits per heavy atom. The number of nitrogens with one attached hydrogen (secondary N) is 1. The lowest BCUT2D eigenvalue weighted by Gasteiger charge is -2.00. The summed E-state index contributed by atoms with van der Waals surface area (Å²) in [5, 5.41) is 15.6. The lowest BCUT2D eigenvalue weighted by Crippen LogP contribution is -2.19. The molecular weight excluding hydrogens is 224 g/mol. The molecule has 1 aromatic heterocycles. The van der Waals surface area contributed by atoms with Gasteiger partial charge in [0.2, 0.25) is 0 Å². The van der Waals surface area contributed by atoms with E-state index in [1.165, 1.54) is 7.11 Å². The normalized spacial score (nSPS) is 10.6. The summed E-state index contributed by atoms with van der Waals surface area (Å²) in [6.07, 6.45) is 2.13. The molecule has 0 bridgehead atoms. The third kappa shape index (κ3) is 4.15. The highest BCUT2D eigenvalue weighted by Gasteiger charge is 2.00. The van der Waals surface area contributed by atoms with Gasteiger partial charge in [-0.15, -0.1) is 0 Å². The van der Waals surface area contributed by atoms with Gasteiger partial charge in [0.15, 0.2) is 0 Å². The summed E-state index contributed by atoms with van der Waals surface area (Å²) in [7, 11) is 1.32. The van der Waals surface area contributed by atoms with E-state index in [1.807, 2.05) is 16.8 Å². The maximum absolute atomic E-state index is 10.8. The number of thiophene rings is 1. The zero-order valence-corrected chi connectivity index (χ0v) is 9.71. The van der Waals surface area contributed by atoms with Crippen LogP contribution < -0.4 is 5.32 Å². The minimum absolute atomic E-state index is 0.0747. The summed E-state index contributed by atoms with van der Waals surface area (Å²) < 4.78 is 4.46. The molecule has 16 heavy (non-hydrogen) atoms. The van der Waals surface area contributed by atoms with Crippen molar-refractivity contribution in [1.82, 2.24) is 5.32 Å². The largest absolute Gasteiger partial charge is 0.468 e. The molecular formula is C11H12N2O2S. The van der Waals surface area contributed by atoms with Crippen molar-refractivity contribution < 1.29 is 9.53 Å². The van der Waals surface area contributed by atoms with Crippen molar-refractivity contribution in [2.24, 2.45) is 0 Å². The Morgan fingerprint density at radius 1 is 1.75 bits per heavy atom. The monoisotopic (exact) mass is 236 g/mol. The van der Waals surface area contributed by atoms with Gasteiger partial charge in [-0.05, 0) is 22.4 Å². The highest BCUT2D eigenvalue weighted by Crippen LogP contribution is 2.10. The third-order valence-corrected chi connectivity index (χ3v) is 2.60. The lowest BCUT2D eigenvalue weighted by molar-refractivity contribution is -0.139. The Kier molecular flexibility index (Phi) is 5.09. The molecule has 1 N–H and O–H groups in total. The van der Waals surface area contributed by atoms with E-state index in [0.29, 0.717) is 12.0 Å². The smallest absolute Gasteiger partial charge is 0.325 e. The van der Waals surface area contributed by atoms with Gasteiger partial charge in [-0.1, -0.05) is 0 Å². The molecule has 0 unspecified atom stereocenters. The fourth-order valence-electron chi connectivity index (χ4n) is 1.07. The van der Waals surface area contributed by atoms with Crippen molar-refractivity contribution in [2.45, 2.75) is 6.42 Å². The molecule has 0 fully saturated rings. The first-order chi connectivity index (χ1) is 7.76. The fraction of sp³-hybridized carbons (Fsp3) is 0.273. The first kappa shape index (κ1) is 12.3. The second kappa shape index (κ2) is 6.64. The molecule has 5 heteroatoms. The van der Waals surface area contributed by atoms with Crippen LogP contribution in [0.1, 0.15) is 5.56 Å². The summed E-state index contributed by atoms with van der Waals surface area (Å²) in [5.74, 6) is -0.357. The van der Waals surface area contributed by atoms with Gasteiger partial charge >= 0.3 is 5.97 Å². The van der Waals surface area contributed by atoms with E-state index in [-0.39, 0.29) is 12.5 Å². The summed E-state index contributed by atoms with van der Waals surface area (Å²) >= 11 is 1.59. The van der Waals surface area contributed by atoms with E-state index < -0.39 is 0 Å². The molecule has 0 atom stereocenters. The average Bonchev–Trinajstić information content (AvgIpc) is 2.80. The van der Waals surface area contributed by atoms with E-state index in [2.05, 4.69) is 16.1 Å². The number of carbonyl (C=O) groups is 1. The van der Waals surface area contributed by atoms with Crippen LogP contribution in [0.15, 0.2) is 28.6 Å². The standard InChI is InChI=1S/C11H12N2O2S/c1-15-11(14)7-13-6-10(5-12)4-9-2-3-16-8-9/h2-3,6,8,13H,4,7H2,1H3/b10-6+. The van der Waals surface area contributed by atoms with E-state index in [1.54, 1.807) is 17.5 Å². The van der Waals surface area contributed by atoms with Gasteiger partial charge in [-0.3, -0.25) is 4.79 Å². The van der Waals surface area contributed by atoms with Gasteiger partial charge in [0.05, 0.1) is 13.2 Å². The average molecular weight is 236 g/mol. The Labute approximate surface area is 98.2 Å². The fourth-order valence-corrected chi connectivity index (χ4v) is 1.73. The second-order valence-corrected chi connectivity index (χ2v) is 3.83. The van der Waals surface area contributed by atoms with E-state index >= 15 is 0 Å². The molecule has 0 radical (unpaired) electrons. The number of carbonyl (C=O) groups excluding carboxylic acids is 1. The number of esters is 1. The first-order valence-corrected chi connectivity index (χ1v) is 5.61. The molecule has 4 nitrogen and oxygen atoms in total. The van der Waals surface area contributed by atoms with Crippen molar-refractivity contribution >= 4 is 17.3 Å². The number of methoxy groups -OCH3 is 1. The molecule has 0 aliphatic heterocycles. The van der Waals surface area contributed by atoms with Gasteiger partial charge in [0.1, 0.15) is 6.54 Å². The number of nitrogens with zero attached hydrogens (tertiary/aromatic N) is 1. The van der Waals surface area contributed by atoms with Crippen molar-refractivity contribution in [3.05, 3.63) is 34.2 Å². The predicted octanol–water partition coefficient (Wildman–Crippen LogP) is 1.46. The summed E-state index contributed by atoms with van der Waals surface area (Å²) in [6.45, 7) is 0.0747. The molecule has 1 aromatic rings. The van der Waals surface area contributed by atoms with E-state index in [0.717, 1.165) is 5.56 Å². The minimum Gasteiger partial charge on any atom is -0.468 e. The maximum atomic E-state index is 10.8. The third-order valence-electron chi connectivity index (χ3n) is 1.87. The summed E-state index contributed by atoms with van der Waals surface area (Å²) in [4.78, 5) is 10.8. The van der Waals surface area contributed by atoms with E-state index in [4.69, 9.17) is 5.26 Å². The van der Waals surface area contributed by atoms with Gasteiger partial charge in [-0.2, -0.15) is 16.6 Å². The van der Waals surface area contributed by atoms with Crippen LogP contribution in [0.4, 0.5) is 0 Å². The lowest BCUT2D eigenvalue weighted by atomic mass is 10.1. The van der Waals surface area contributed by atoms with Gasteiger partial charge in [-0.25, -0.2) is 0 Å². The van der Waals surface area contributed by atoms with Crippen LogP contribution in [-0.2, 0) is 16.0 Å². The number of ether oxygens (including phenoxy) is 1. The molecule has 1 heterocycles. The first-order valence-electron chi connectivity index (χ1n) is 4.66. The SMILES string of the molecule is COC(=O)CN/C=C(/C#N)Cc1ccsc1. The zero-order valence-electron chi connectivity index (χ0n) is 8.90. The topological polar surface area (TPSA) is 62.1 Å². The van der Waals surface area contributed by atoms with Crippen molar-refractivity contribution in [2.75, 3.05) is 13.7 Å². The number of hydrogen-bond acceptors (Lipinski definition) is 5. The Bertz CT molecular complexity index is 404. The van der Waals surface area contributed by atoms with Crippen LogP contribution >= 0.6 is 11.3 Å². The van der Waals surface area contributed by atoms with Gasteiger partial charge in [0.25, 0.3) is 0 Å². The highest BCUT2D eigenvalue weighted by molar-refractivity contribution is 7.07. The van der Waals surface area contributed by atoms with Crippen LogP contribution in [0.2, 0.25) is 0 Å². The summed E-state index contributed by atoms with van der Waals surface area (Å²) in [5.41, 5.74) is 1.68. The van der Waals surface area contributed by atoms with Crippen LogP contribution in [0, 0.1) is 11.3 Å². The molecule has 0 saturated heterocycles. The van der Waals surface area contributed by atoms with Crippen LogP contribution in [0.25, 0.3) is 0 Å². The molecule has 0 saturated carbocycles. The molecule has 0 spiro atoms. The zero-order chi connectivity index (χ0) is 11.8. The summed E-state index contributed by atoms with van der Waals surface area (Å²) in [6, 6.07) is 4.05. The molecule has 0 aromatic carbocycles. The van der Waals surface area contributed by atoms with Crippen LogP contribution in [0.5, 0.6) is 0 Å². The quantitative estimate of drug-likeness (QED) is 0.621. The number of rotatable bonds is 5. The van der Waals surface area contributed by atoms with Crippen LogP contribution in [-0.4, -0.2) is 19.6 Å². The van der Waals surface area contributed by atoms with Crippen LogP contribution in [0.3, 0.4) is 0 Å². The Morgan fingerprint density at radius 3 is 3.12 bits per heavy atom. The molecule has 0 amide bonds.